The van der Waals surface area contributed by atoms with E-state index in [4.69, 9.17) is 23.2 Å². The van der Waals surface area contributed by atoms with Crippen molar-refractivity contribution in [3.8, 4) is 0 Å². The van der Waals surface area contributed by atoms with E-state index >= 15 is 0 Å². The molecule has 0 saturated carbocycles. The summed E-state index contributed by atoms with van der Waals surface area (Å²) in [5.74, 6) is -0.940. The van der Waals surface area contributed by atoms with Gasteiger partial charge in [0.25, 0.3) is 5.91 Å². The van der Waals surface area contributed by atoms with Crippen LogP contribution in [0.3, 0.4) is 0 Å². The van der Waals surface area contributed by atoms with Gasteiger partial charge in [0.15, 0.2) is 0 Å². The summed E-state index contributed by atoms with van der Waals surface area (Å²) in [5, 5.41) is 5.92. The highest BCUT2D eigenvalue weighted by molar-refractivity contribution is 6.39. The van der Waals surface area contributed by atoms with Crippen LogP contribution in [0.25, 0.3) is 0 Å². The number of anilines is 1. The number of rotatable bonds is 7. The van der Waals surface area contributed by atoms with Crippen LogP contribution in [0.5, 0.6) is 0 Å². The van der Waals surface area contributed by atoms with Gasteiger partial charge in [0.05, 0.1) is 22.3 Å². The monoisotopic (exact) mass is 421 g/mol. The van der Waals surface area contributed by atoms with Crippen molar-refractivity contribution >= 4 is 46.6 Å². The summed E-state index contributed by atoms with van der Waals surface area (Å²) in [6, 6.07) is 12.1. The number of carbonyl (C=O) groups excluding carboxylic acids is 3. The van der Waals surface area contributed by atoms with Gasteiger partial charge in [-0.05, 0) is 31.2 Å². The van der Waals surface area contributed by atoms with Crippen LogP contribution >= 0.6 is 23.2 Å². The molecule has 28 heavy (non-hydrogen) atoms. The van der Waals surface area contributed by atoms with Crippen LogP contribution in [-0.4, -0.2) is 42.8 Å². The molecule has 0 spiro atoms. The number of nitrogens with one attached hydrogen (secondary N) is 2. The Morgan fingerprint density at radius 3 is 2.32 bits per heavy atom. The summed E-state index contributed by atoms with van der Waals surface area (Å²) in [7, 11) is 1.51. The Kier molecular flexibility index (Phi) is 7.84. The van der Waals surface area contributed by atoms with Gasteiger partial charge in [0.1, 0.15) is 0 Å². The molecule has 0 heterocycles. The van der Waals surface area contributed by atoms with E-state index in [0.717, 1.165) is 5.56 Å². The highest BCUT2D eigenvalue weighted by atomic mass is 35.5. The van der Waals surface area contributed by atoms with E-state index in [0.29, 0.717) is 21.3 Å². The van der Waals surface area contributed by atoms with Crippen molar-refractivity contribution in [2.45, 2.75) is 13.3 Å². The number of likely N-dealkylation sites (N-methyl/N-ethyl adjacent to an activating group) is 1. The predicted molar refractivity (Wildman–Crippen MR) is 111 cm³/mol. The number of aryl methyl sites for hydroxylation is 1. The van der Waals surface area contributed by atoms with Crippen LogP contribution in [0.15, 0.2) is 42.5 Å². The first-order valence-electron chi connectivity index (χ1n) is 8.60. The van der Waals surface area contributed by atoms with Gasteiger partial charge < -0.3 is 15.5 Å². The minimum Gasteiger partial charge on any atom is -0.352 e. The first kappa shape index (κ1) is 21.7. The van der Waals surface area contributed by atoms with Crippen LogP contribution in [0.2, 0.25) is 10.0 Å². The van der Waals surface area contributed by atoms with Gasteiger partial charge in [-0.2, -0.15) is 0 Å². The number of carbonyl (C=O) groups is 3. The second kappa shape index (κ2) is 10.1. The lowest BCUT2D eigenvalue weighted by molar-refractivity contribution is -0.133. The van der Waals surface area contributed by atoms with E-state index < -0.39 is 5.91 Å². The molecule has 0 aromatic heterocycles. The Bertz CT molecular complexity index is 866. The van der Waals surface area contributed by atoms with Crippen molar-refractivity contribution in [2.75, 3.05) is 25.5 Å². The van der Waals surface area contributed by atoms with Gasteiger partial charge >= 0.3 is 0 Å². The van der Waals surface area contributed by atoms with Crippen LogP contribution in [0.4, 0.5) is 5.69 Å². The maximum absolute atomic E-state index is 12.2. The molecule has 6 nitrogen and oxygen atoms in total. The molecule has 8 heteroatoms. The molecule has 2 aromatic rings. The average molecular weight is 422 g/mol. The van der Waals surface area contributed by atoms with E-state index in [1.807, 2.05) is 13.0 Å². The molecule has 0 saturated heterocycles. The molecule has 3 amide bonds. The molecule has 0 aliphatic carbocycles. The first-order chi connectivity index (χ1) is 13.3. The van der Waals surface area contributed by atoms with Gasteiger partial charge in [-0.1, -0.05) is 47.0 Å². The third kappa shape index (κ3) is 6.25. The van der Waals surface area contributed by atoms with Gasteiger partial charge in [0, 0.05) is 25.6 Å². The molecular formula is C20H21Cl2N3O3. The zero-order valence-electron chi connectivity index (χ0n) is 15.6. The SMILES string of the molecule is Cc1cccc(C(=O)NCCC(=O)N(C)CC(=O)Nc2c(Cl)cccc2Cl)c1. The summed E-state index contributed by atoms with van der Waals surface area (Å²) in [4.78, 5) is 37.7. The van der Waals surface area contributed by atoms with Gasteiger partial charge in [-0.25, -0.2) is 0 Å². The zero-order chi connectivity index (χ0) is 20.7. The normalized spacial score (nSPS) is 10.3. The third-order valence-corrected chi connectivity index (χ3v) is 4.57. The lowest BCUT2D eigenvalue weighted by Gasteiger charge is -2.17. The molecule has 0 radical (unpaired) electrons. The van der Waals surface area contributed by atoms with Crippen molar-refractivity contribution in [1.29, 1.82) is 0 Å². The largest absolute Gasteiger partial charge is 0.352 e. The lowest BCUT2D eigenvalue weighted by atomic mass is 10.1. The molecule has 0 atom stereocenters. The van der Waals surface area contributed by atoms with Gasteiger partial charge in [-0.3, -0.25) is 14.4 Å². The maximum atomic E-state index is 12.2. The molecule has 0 aliphatic rings. The Labute approximate surface area is 173 Å². The maximum Gasteiger partial charge on any atom is 0.251 e. The van der Waals surface area contributed by atoms with Crippen molar-refractivity contribution in [2.24, 2.45) is 0 Å². The molecule has 0 unspecified atom stereocenters. The lowest BCUT2D eigenvalue weighted by Crippen LogP contribution is -2.37. The number of hydrogen-bond acceptors (Lipinski definition) is 3. The van der Waals surface area contributed by atoms with E-state index in [9.17, 15) is 14.4 Å². The summed E-state index contributed by atoms with van der Waals surface area (Å²) >= 11 is 12.0. The summed E-state index contributed by atoms with van der Waals surface area (Å²) in [6.45, 7) is 1.91. The Morgan fingerprint density at radius 2 is 1.68 bits per heavy atom. The summed E-state index contributed by atoms with van der Waals surface area (Å²) < 4.78 is 0. The second-order valence-electron chi connectivity index (χ2n) is 6.27. The fourth-order valence-corrected chi connectivity index (χ4v) is 2.95. The standard InChI is InChI=1S/C20H21Cl2N3O3/c1-13-5-3-6-14(11-13)20(28)23-10-9-18(27)25(2)12-17(26)24-19-15(21)7-4-8-16(19)22/h3-8,11H,9-10,12H2,1-2H3,(H,23,28)(H,24,26). The number of hydrogen-bond donors (Lipinski definition) is 2. The number of amides is 3. The van der Waals surface area contributed by atoms with E-state index in [-0.39, 0.29) is 31.3 Å². The quantitative estimate of drug-likeness (QED) is 0.717. The fraction of sp³-hybridized carbons (Fsp3) is 0.250. The zero-order valence-corrected chi connectivity index (χ0v) is 17.1. The van der Waals surface area contributed by atoms with Crippen molar-refractivity contribution < 1.29 is 14.4 Å². The summed E-state index contributed by atoms with van der Waals surface area (Å²) in [5.41, 5.74) is 1.83. The molecule has 2 aromatic carbocycles. The van der Waals surface area contributed by atoms with Crippen LogP contribution in [0.1, 0.15) is 22.3 Å². The smallest absolute Gasteiger partial charge is 0.251 e. The Hall–Kier alpha value is -2.57. The fourth-order valence-electron chi connectivity index (χ4n) is 2.46. The highest BCUT2D eigenvalue weighted by Crippen LogP contribution is 2.29. The van der Waals surface area contributed by atoms with E-state index in [2.05, 4.69) is 10.6 Å². The number of nitrogens with zero attached hydrogens (tertiary/aromatic N) is 1. The highest BCUT2D eigenvalue weighted by Gasteiger charge is 2.15. The number of benzene rings is 2. The topological polar surface area (TPSA) is 78.5 Å². The minimum absolute atomic E-state index is 0.0776. The number of para-hydroxylation sites is 1. The van der Waals surface area contributed by atoms with Crippen LogP contribution in [-0.2, 0) is 9.59 Å². The molecular weight excluding hydrogens is 401 g/mol. The molecule has 0 aliphatic heterocycles. The summed E-state index contributed by atoms with van der Waals surface area (Å²) in [6.07, 6.45) is 0.0776. The van der Waals surface area contributed by atoms with Crippen molar-refractivity contribution in [3.63, 3.8) is 0 Å². The molecule has 2 N–H and O–H groups in total. The minimum atomic E-state index is -0.422. The second-order valence-corrected chi connectivity index (χ2v) is 7.08. The molecule has 0 bridgehead atoms. The van der Waals surface area contributed by atoms with Gasteiger partial charge in [0.2, 0.25) is 11.8 Å². The molecule has 148 valence electrons. The van der Waals surface area contributed by atoms with E-state index in [1.165, 1.54) is 11.9 Å². The van der Waals surface area contributed by atoms with Crippen LogP contribution in [0, 0.1) is 6.92 Å². The molecule has 2 rings (SSSR count). The third-order valence-electron chi connectivity index (χ3n) is 3.94. The van der Waals surface area contributed by atoms with Gasteiger partial charge in [-0.15, -0.1) is 0 Å². The Balaban J connectivity index is 1.79. The molecule has 0 fully saturated rings. The van der Waals surface area contributed by atoms with Crippen LogP contribution < -0.4 is 10.6 Å². The van der Waals surface area contributed by atoms with E-state index in [1.54, 1.807) is 36.4 Å². The average Bonchev–Trinajstić information content (AvgIpc) is 2.64. The van der Waals surface area contributed by atoms with Crippen molar-refractivity contribution in [3.05, 3.63) is 63.6 Å². The first-order valence-corrected chi connectivity index (χ1v) is 9.36. The predicted octanol–water partition coefficient (Wildman–Crippen LogP) is 3.52. The van der Waals surface area contributed by atoms with Crippen molar-refractivity contribution in [1.82, 2.24) is 10.2 Å². The Morgan fingerprint density at radius 1 is 1.04 bits per heavy atom. The number of halogens is 2.